The molecule has 0 spiro atoms. The third kappa shape index (κ3) is 4.69. The number of carboxylic acid groups (broad SMARTS) is 1. The van der Waals surface area contributed by atoms with Crippen LogP contribution in [0.15, 0.2) is 40.5 Å². The van der Waals surface area contributed by atoms with Gasteiger partial charge in [-0.05, 0) is 34.1 Å². The van der Waals surface area contributed by atoms with E-state index in [2.05, 4.69) is 26.6 Å². The summed E-state index contributed by atoms with van der Waals surface area (Å²) in [6.07, 6.45) is 0.730. The Labute approximate surface area is 107 Å². The molecule has 1 rings (SSSR count). The minimum absolute atomic E-state index is 0.0371. The molecule has 0 saturated carbocycles. The maximum Gasteiger partial charge on any atom is 0.404 e. The third-order valence-corrected chi connectivity index (χ3v) is 2.56. The average Bonchev–Trinajstić information content (AvgIpc) is 2.29. The van der Waals surface area contributed by atoms with Crippen LogP contribution in [0.4, 0.5) is 10.5 Å². The lowest BCUT2D eigenvalue weighted by Gasteiger charge is -2.11. The van der Waals surface area contributed by atoms with Crippen molar-refractivity contribution in [2.24, 2.45) is 0 Å². The zero-order chi connectivity index (χ0) is 12.7. The van der Waals surface area contributed by atoms with Crippen LogP contribution in [0.3, 0.4) is 0 Å². The molecule has 0 radical (unpaired) electrons. The number of benzene rings is 1. The number of hydrogen-bond donors (Lipinski definition) is 3. The maximum absolute atomic E-state index is 10.4. The van der Waals surface area contributed by atoms with Crippen molar-refractivity contribution in [3.05, 3.63) is 40.5 Å². The second-order valence-corrected chi connectivity index (χ2v) is 3.95. The first-order chi connectivity index (χ1) is 8.13. The van der Waals surface area contributed by atoms with E-state index in [4.69, 9.17) is 5.11 Å². The van der Waals surface area contributed by atoms with Gasteiger partial charge in [0.25, 0.3) is 0 Å². The van der Waals surface area contributed by atoms with Crippen LogP contribution >= 0.6 is 15.9 Å². The van der Waals surface area contributed by atoms with Crippen LogP contribution in [0.5, 0.6) is 0 Å². The molecule has 0 aromatic heterocycles. The lowest BCUT2D eigenvalue weighted by molar-refractivity contribution is -0.104. The highest BCUT2D eigenvalue weighted by atomic mass is 79.9. The van der Waals surface area contributed by atoms with Crippen molar-refractivity contribution in [2.75, 3.05) is 11.9 Å². The van der Waals surface area contributed by atoms with Crippen LogP contribution in [0.1, 0.15) is 0 Å². The second kappa shape index (κ2) is 6.70. The molecule has 5 nitrogen and oxygen atoms in total. The standard InChI is InChI=1S/C11H11BrN2O3/c12-9-3-1-2-4-10(9)14-8(5-6-15)7-13-11(16)17/h1-6,13-14H,7H2,(H,16,17). The highest BCUT2D eigenvalue weighted by molar-refractivity contribution is 9.10. The van der Waals surface area contributed by atoms with Crippen molar-refractivity contribution < 1.29 is 14.7 Å². The fraction of sp³-hybridized carbons (Fsp3) is 0.0909. The van der Waals surface area contributed by atoms with Crippen LogP contribution < -0.4 is 10.6 Å². The molecule has 0 unspecified atom stereocenters. The highest BCUT2D eigenvalue weighted by Crippen LogP contribution is 2.22. The molecule has 0 aliphatic rings. The van der Waals surface area contributed by atoms with E-state index in [1.54, 1.807) is 0 Å². The summed E-state index contributed by atoms with van der Waals surface area (Å²) in [4.78, 5) is 20.8. The molecular formula is C11H11BrN2O3. The number of para-hydroxylation sites is 1. The summed E-state index contributed by atoms with van der Waals surface area (Å²) in [6, 6.07) is 7.33. The number of carbonyl (C=O) groups is 2. The Kier molecular flexibility index (Phi) is 5.22. The first kappa shape index (κ1) is 13.2. The normalized spacial score (nSPS) is 10.8. The number of rotatable bonds is 5. The van der Waals surface area contributed by atoms with E-state index < -0.39 is 6.09 Å². The van der Waals surface area contributed by atoms with Gasteiger partial charge < -0.3 is 15.7 Å². The second-order valence-electron chi connectivity index (χ2n) is 3.09. The monoisotopic (exact) mass is 298 g/mol. The summed E-state index contributed by atoms with van der Waals surface area (Å²) >= 11 is 3.34. The van der Waals surface area contributed by atoms with Crippen molar-refractivity contribution in [2.45, 2.75) is 0 Å². The molecule has 1 amide bonds. The fourth-order valence-corrected chi connectivity index (χ4v) is 1.52. The number of anilines is 1. The number of carbonyl (C=O) groups excluding carboxylic acids is 1. The summed E-state index contributed by atoms with van der Waals surface area (Å²) in [7, 11) is 0. The lowest BCUT2D eigenvalue weighted by atomic mass is 10.3. The molecule has 1 aromatic carbocycles. The van der Waals surface area contributed by atoms with Gasteiger partial charge in [-0.15, -0.1) is 0 Å². The summed E-state index contributed by atoms with van der Waals surface area (Å²) in [5.41, 5.74) is 1.22. The van der Waals surface area contributed by atoms with E-state index in [-0.39, 0.29) is 6.54 Å². The van der Waals surface area contributed by atoms with Crippen LogP contribution in [-0.4, -0.2) is 24.0 Å². The molecule has 6 heteroatoms. The molecule has 0 bridgehead atoms. The average molecular weight is 299 g/mol. The van der Waals surface area contributed by atoms with Crippen molar-refractivity contribution in [1.29, 1.82) is 0 Å². The predicted molar refractivity (Wildman–Crippen MR) is 67.9 cm³/mol. The van der Waals surface area contributed by atoms with Crippen LogP contribution in [0.2, 0.25) is 0 Å². The zero-order valence-electron chi connectivity index (χ0n) is 8.81. The summed E-state index contributed by atoms with van der Waals surface area (Å²) in [5.74, 6) is 0. The molecule has 3 N–H and O–H groups in total. The number of allylic oxidation sites excluding steroid dienone is 1. The van der Waals surface area contributed by atoms with Crippen molar-refractivity contribution in [3.63, 3.8) is 0 Å². The van der Waals surface area contributed by atoms with Gasteiger partial charge in [-0.1, -0.05) is 12.1 Å². The SMILES string of the molecule is O=CC=C(CNC(=O)O)Nc1ccccc1Br. The van der Waals surface area contributed by atoms with Crippen LogP contribution in [0.25, 0.3) is 0 Å². The fourth-order valence-electron chi connectivity index (χ4n) is 1.13. The Balaban J connectivity index is 2.74. The molecule has 0 aliphatic heterocycles. The van der Waals surface area contributed by atoms with E-state index >= 15 is 0 Å². The Morgan fingerprint density at radius 2 is 2.12 bits per heavy atom. The maximum atomic E-state index is 10.4. The minimum atomic E-state index is -1.14. The Morgan fingerprint density at radius 1 is 1.41 bits per heavy atom. The van der Waals surface area contributed by atoms with Crippen molar-refractivity contribution >= 4 is 34.0 Å². The van der Waals surface area contributed by atoms with Gasteiger partial charge in [0.2, 0.25) is 0 Å². The van der Waals surface area contributed by atoms with E-state index in [0.29, 0.717) is 12.0 Å². The van der Waals surface area contributed by atoms with E-state index in [1.165, 1.54) is 6.08 Å². The number of hydrogen-bond acceptors (Lipinski definition) is 3. The minimum Gasteiger partial charge on any atom is -0.465 e. The van der Waals surface area contributed by atoms with Gasteiger partial charge >= 0.3 is 6.09 Å². The summed E-state index contributed by atoms with van der Waals surface area (Å²) in [6.45, 7) is 0.0371. The molecule has 0 aliphatic carbocycles. The third-order valence-electron chi connectivity index (χ3n) is 1.87. The van der Waals surface area contributed by atoms with E-state index in [9.17, 15) is 9.59 Å². The van der Waals surface area contributed by atoms with E-state index in [0.717, 1.165) is 10.2 Å². The van der Waals surface area contributed by atoms with Gasteiger partial charge in [-0.25, -0.2) is 4.79 Å². The molecule has 0 atom stereocenters. The van der Waals surface area contributed by atoms with Gasteiger partial charge in [0, 0.05) is 10.2 Å². The predicted octanol–water partition coefficient (Wildman–Crippen LogP) is 2.21. The number of nitrogens with one attached hydrogen (secondary N) is 2. The number of aldehydes is 1. The molecule has 0 fully saturated rings. The first-order valence-electron chi connectivity index (χ1n) is 4.76. The highest BCUT2D eigenvalue weighted by Gasteiger charge is 2.03. The van der Waals surface area contributed by atoms with Gasteiger partial charge in [0.15, 0.2) is 0 Å². The molecule has 17 heavy (non-hydrogen) atoms. The van der Waals surface area contributed by atoms with Crippen molar-refractivity contribution in [1.82, 2.24) is 5.32 Å². The molecule has 90 valence electrons. The Morgan fingerprint density at radius 3 is 2.71 bits per heavy atom. The molecular weight excluding hydrogens is 288 g/mol. The Bertz CT molecular complexity index is 446. The van der Waals surface area contributed by atoms with Crippen LogP contribution in [0, 0.1) is 0 Å². The number of halogens is 1. The van der Waals surface area contributed by atoms with E-state index in [1.807, 2.05) is 24.3 Å². The van der Waals surface area contributed by atoms with Gasteiger partial charge in [-0.3, -0.25) is 4.79 Å². The van der Waals surface area contributed by atoms with Gasteiger partial charge in [-0.2, -0.15) is 0 Å². The van der Waals surface area contributed by atoms with Crippen LogP contribution in [-0.2, 0) is 4.79 Å². The molecule has 1 aromatic rings. The molecule has 0 heterocycles. The summed E-state index contributed by atoms with van der Waals surface area (Å²) < 4.78 is 0.826. The quantitative estimate of drug-likeness (QED) is 0.575. The summed E-state index contributed by atoms with van der Waals surface area (Å²) in [5, 5.41) is 13.6. The van der Waals surface area contributed by atoms with Gasteiger partial charge in [0.1, 0.15) is 6.29 Å². The van der Waals surface area contributed by atoms with Gasteiger partial charge in [0.05, 0.1) is 12.2 Å². The smallest absolute Gasteiger partial charge is 0.404 e. The zero-order valence-corrected chi connectivity index (χ0v) is 10.4. The molecule has 0 saturated heterocycles. The Hall–Kier alpha value is -1.82. The largest absolute Gasteiger partial charge is 0.465 e. The number of amides is 1. The lowest BCUT2D eigenvalue weighted by Crippen LogP contribution is -2.25. The topological polar surface area (TPSA) is 78.4 Å². The first-order valence-corrected chi connectivity index (χ1v) is 5.55. The van der Waals surface area contributed by atoms with Crippen molar-refractivity contribution in [3.8, 4) is 0 Å².